The van der Waals surface area contributed by atoms with E-state index in [4.69, 9.17) is 21.1 Å². The van der Waals surface area contributed by atoms with E-state index in [1.54, 1.807) is 32.4 Å². The first-order chi connectivity index (χ1) is 10.1. The average Bonchev–Trinajstić information content (AvgIpc) is 2.50. The first-order valence-electron chi connectivity index (χ1n) is 6.49. The quantitative estimate of drug-likeness (QED) is 0.880. The van der Waals surface area contributed by atoms with Crippen molar-refractivity contribution in [2.24, 2.45) is 0 Å². The van der Waals surface area contributed by atoms with E-state index >= 15 is 0 Å². The van der Waals surface area contributed by atoms with E-state index in [0.717, 1.165) is 11.1 Å². The molecule has 0 aliphatic rings. The Morgan fingerprint density at radius 1 is 1.00 bits per heavy atom. The molecule has 2 rings (SSSR count). The average molecular weight is 310 g/mol. The fourth-order valence-corrected chi connectivity index (χ4v) is 2.20. The minimum absolute atomic E-state index is 0.235. The van der Waals surface area contributed by atoms with Gasteiger partial charge < -0.3 is 14.8 Å². The molecule has 2 aromatic carbocycles. The third-order valence-corrected chi connectivity index (χ3v) is 3.46. The lowest BCUT2D eigenvalue weighted by Crippen LogP contribution is -2.13. The predicted octanol–water partition coefficient (Wildman–Crippen LogP) is 3.79. The maximum Gasteiger partial charge on any atom is 0.162 e. The number of hydrogen-bond donors (Lipinski definition) is 1. The molecule has 0 unspecified atom stereocenters. The molecular formula is C16H17ClFNO2. The normalized spacial score (nSPS) is 10.5. The Hall–Kier alpha value is -1.78. The molecule has 0 heterocycles. The molecule has 0 radical (unpaired) electrons. The molecule has 0 saturated heterocycles. The van der Waals surface area contributed by atoms with Crippen molar-refractivity contribution in [1.29, 1.82) is 0 Å². The molecule has 0 atom stereocenters. The molecule has 21 heavy (non-hydrogen) atoms. The van der Waals surface area contributed by atoms with Crippen molar-refractivity contribution in [3.05, 3.63) is 58.4 Å². The van der Waals surface area contributed by atoms with E-state index in [2.05, 4.69) is 5.32 Å². The van der Waals surface area contributed by atoms with Gasteiger partial charge in [0.1, 0.15) is 5.82 Å². The monoisotopic (exact) mass is 309 g/mol. The molecule has 0 bridgehead atoms. The first-order valence-corrected chi connectivity index (χ1v) is 6.87. The molecule has 3 nitrogen and oxygen atoms in total. The third-order valence-electron chi connectivity index (χ3n) is 3.11. The minimum Gasteiger partial charge on any atom is -0.493 e. The molecule has 0 saturated carbocycles. The number of methoxy groups -OCH3 is 2. The second-order valence-electron chi connectivity index (χ2n) is 4.53. The summed E-state index contributed by atoms with van der Waals surface area (Å²) in [4.78, 5) is 0. The van der Waals surface area contributed by atoms with Gasteiger partial charge in [0.05, 0.1) is 14.2 Å². The maximum atomic E-state index is 12.8. The summed E-state index contributed by atoms with van der Waals surface area (Å²) < 4.78 is 23.3. The number of rotatable bonds is 6. The van der Waals surface area contributed by atoms with Gasteiger partial charge in [-0.25, -0.2) is 4.39 Å². The lowest BCUT2D eigenvalue weighted by Gasteiger charge is -2.12. The summed E-state index contributed by atoms with van der Waals surface area (Å²) in [7, 11) is 3.15. The topological polar surface area (TPSA) is 30.5 Å². The molecule has 2 aromatic rings. The second-order valence-corrected chi connectivity index (χ2v) is 4.94. The van der Waals surface area contributed by atoms with E-state index in [1.165, 1.54) is 12.1 Å². The molecule has 0 aliphatic carbocycles. The van der Waals surface area contributed by atoms with Gasteiger partial charge >= 0.3 is 0 Å². The van der Waals surface area contributed by atoms with Gasteiger partial charge in [0, 0.05) is 24.2 Å². The summed E-state index contributed by atoms with van der Waals surface area (Å²) in [5.41, 5.74) is 1.92. The van der Waals surface area contributed by atoms with Gasteiger partial charge in [0.25, 0.3) is 0 Å². The highest BCUT2D eigenvalue weighted by Crippen LogP contribution is 2.32. The smallest absolute Gasteiger partial charge is 0.162 e. The van der Waals surface area contributed by atoms with Gasteiger partial charge in [-0.2, -0.15) is 0 Å². The zero-order valence-corrected chi connectivity index (χ0v) is 12.7. The molecule has 0 fully saturated rings. The van der Waals surface area contributed by atoms with Crippen molar-refractivity contribution in [3.63, 3.8) is 0 Å². The van der Waals surface area contributed by atoms with Crippen molar-refractivity contribution in [2.75, 3.05) is 14.2 Å². The Bertz CT molecular complexity index is 602. The Morgan fingerprint density at radius 2 is 1.62 bits per heavy atom. The van der Waals surface area contributed by atoms with Crippen LogP contribution in [-0.4, -0.2) is 14.2 Å². The standard InChI is InChI=1S/C16H17ClFNO2/c1-20-15-7-12(14(17)8-16(15)21-2)10-19-9-11-3-5-13(18)6-4-11/h3-8,19H,9-10H2,1-2H3. The van der Waals surface area contributed by atoms with Crippen LogP contribution < -0.4 is 14.8 Å². The Balaban J connectivity index is 2.01. The highest BCUT2D eigenvalue weighted by Gasteiger charge is 2.09. The van der Waals surface area contributed by atoms with Crippen LogP contribution in [0.2, 0.25) is 5.02 Å². The molecule has 0 spiro atoms. The summed E-state index contributed by atoms with van der Waals surface area (Å²) in [6, 6.07) is 9.96. The fourth-order valence-electron chi connectivity index (χ4n) is 1.98. The van der Waals surface area contributed by atoms with Crippen LogP contribution in [0.1, 0.15) is 11.1 Å². The van der Waals surface area contributed by atoms with Crippen molar-refractivity contribution in [3.8, 4) is 11.5 Å². The SMILES string of the molecule is COc1cc(Cl)c(CNCc2ccc(F)cc2)cc1OC. The van der Waals surface area contributed by atoms with Crippen LogP contribution in [0.3, 0.4) is 0 Å². The van der Waals surface area contributed by atoms with Gasteiger partial charge in [-0.15, -0.1) is 0 Å². The Labute approximate surface area is 128 Å². The summed E-state index contributed by atoms with van der Waals surface area (Å²) in [6.07, 6.45) is 0. The Kier molecular flexibility index (Phi) is 5.42. The summed E-state index contributed by atoms with van der Waals surface area (Å²) in [6.45, 7) is 1.21. The largest absolute Gasteiger partial charge is 0.493 e. The van der Waals surface area contributed by atoms with Crippen molar-refractivity contribution < 1.29 is 13.9 Å². The molecule has 112 valence electrons. The molecule has 5 heteroatoms. The summed E-state index contributed by atoms with van der Waals surface area (Å²) >= 11 is 6.21. The number of hydrogen-bond acceptors (Lipinski definition) is 3. The fraction of sp³-hybridized carbons (Fsp3) is 0.250. The number of benzene rings is 2. The van der Waals surface area contributed by atoms with Gasteiger partial charge in [-0.3, -0.25) is 0 Å². The van der Waals surface area contributed by atoms with Gasteiger partial charge in [-0.1, -0.05) is 23.7 Å². The number of nitrogens with one attached hydrogen (secondary N) is 1. The van der Waals surface area contributed by atoms with Gasteiger partial charge in [0.2, 0.25) is 0 Å². The van der Waals surface area contributed by atoms with Crippen LogP contribution in [0.15, 0.2) is 36.4 Å². The highest BCUT2D eigenvalue weighted by atomic mass is 35.5. The molecule has 0 aromatic heterocycles. The minimum atomic E-state index is -0.235. The zero-order valence-electron chi connectivity index (χ0n) is 12.0. The van der Waals surface area contributed by atoms with Crippen molar-refractivity contribution in [1.82, 2.24) is 5.32 Å². The number of halogens is 2. The molecule has 0 amide bonds. The van der Waals surface area contributed by atoms with Crippen molar-refractivity contribution in [2.45, 2.75) is 13.1 Å². The maximum absolute atomic E-state index is 12.8. The lowest BCUT2D eigenvalue weighted by molar-refractivity contribution is 0.354. The highest BCUT2D eigenvalue weighted by molar-refractivity contribution is 6.31. The van der Waals surface area contributed by atoms with Crippen molar-refractivity contribution >= 4 is 11.6 Å². The third kappa shape index (κ3) is 4.09. The lowest BCUT2D eigenvalue weighted by atomic mass is 10.1. The van der Waals surface area contributed by atoms with Crippen LogP contribution in [0.5, 0.6) is 11.5 Å². The molecule has 0 aliphatic heterocycles. The summed E-state index contributed by atoms with van der Waals surface area (Å²) in [5, 5.41) is 3.87. The molecule has 1 N–H and O–H groups in total. The number of ether oxygens (including phenoxy) is 2. The summed E-state index contributed by atoms with van der Waals surface area (Å²) in [5.74, 6) is 1.01. The predicted molar refractivity (Wildman–Crippen MR) is 81.5 cm³/mol. The van der Waals surface area contributed by atoms with Crippen LogP contribution in [0, 0.1) is 5.82 Å². The van der Waals surface area contributed by atoms with Crippen LogP contribution in [0.4, 0.5) is 4.39 Å². The van der Waals surface area contributed by atoms with Crippen LogP contribution in [-0.2, 0) is 13.1 Å². The van der Waals surface area contributed by atoms with E-state index in [1.807, 2.05) is 6.07 Å². The van der Waals surface area contributed by atoms with E-state index in [0.29, 0.717) is 29.6 Å². The zero-order chi connectivity index (χ0) is 15.2. The van der Waals surface area contributed by atoms with Gasteiger partial charge in [-0.05, 0) is 29.3 Å². The molecular weight excluding hydrogens is 293 g/mol. The van der Waals surface area contributed by atoms with E-state index in [9.17, 15) is 4.39 Å². The van der Waals surface area contributed by atoms with E-state index < -0.39 is 0 Å². The van der Waals surface area contributed by atoms with Crippen LogP contribution >= 0.6 is 11.6 Å². The van der Waals surface area contributed by atoms with E-state index in [-0.39, 0.29) is 5.82 Å². The first kappa shape index (κ1) is 15.6. The Morgan fingerprint density at radius 3 is 2.24 bits per heavy atom. The second kappa shape index (κ2) is 7.29. The van der Waals surface area contributed by atoms with Crippen LogP contribution in [0.25, 0.3) is 0 Å². The van der Waals surface area contributed by atoms with Gasteiger partial charge in [0.15, 0.2) is 11.5 Å².